The molecule has 0 aromatic heterocycles. The van der Waals surface area contributed by atoms with Gasteiger partial charge in [0.25, 0.3) is 0 Å². The van der Waals surface area contributed by atoms with E-state index in [1.54, 1.807) is 19.2 Å². The fourth-order valence-electron chi connectivity index (χ4n) is 3.26. The van der Waals surface area contributed by atoms with E-state index in [1.165, 1.54) is 19.2 Å². The van der Waals surface area contributed by atoms with Crippen LogP contribution >= 0.6 is 0 Å². The number of carboxylic acids is 1. The van der Waals surface area contributed by atoms with Gasteiger partial charge < -0.3 is 19.9 Å². The van der Waals surface area contributed by atoms with E-state index in [-0.39, 0.29) is 17.0 Å². The third-order valence-electron chi connectivity index (χ3n) is 5.00. The van der Waals surface area contributed by atoms with Crippen LogP contribution in [0.25, 0.3) is 0 Å². The molecule has 0 unspecified atom stereocenters. The number of carbonyl (C=O) groups is 1. The van der Waals surface area contributed by atoms with Crippen LogP contribution in [0.5, 0.6) is 11.5 Å². The molecular formula is C24H26N2O6S. The third-order valence-corrected chi connectivity index (χ3v) is 6.50. The molecule has 174 valence electrons. The van der Waals surface area contributed by atoms with Crippen LogP contribution in [0.1, 0.15) is 21.5 Å². The first-order valence-electron chi connectivity index (χ1n) is 10.2. The molecule has 3 aromatic rings. The summed E-state index contributed by atoms with van der Waals surface area (Å²) in [5.74, 6) is -0.0627. The fourth-order valence-corrected chi connectivity index (χ4v) is 4.50. The van der Waals surface area contributed by atoms with Gasteiger partial charge in [0.2, 0.25) is 10.0 Å². The second kappa shape index (κ2) is 10.8. The van der Waals surface area contributed by atoms with Crippen LogP contribution in [0.15, 0.2) is 71.6 Å². The summed E-state index contributed by atoms with van der Waals surface area (Å²) in [6.07, 6.45) is 0.408. The van der Waals surface area contributed by atoms with Gasteiger partial charge in [-0.05, 0) is 47.9 Å². The molecule has 0 heterocycles. The van der Waals surface area contributed by atoms with Crippen LogP contribution in [0.4, 0.5) is 5.69 Å². The normalized spacial score (nSPS) is 11.1. The lowest BCUT2D eigenvalue weighted by Crippen LogP contribution is -2.27. The highest BCUT2D eigenvalue weighted by Crippen LogP contribution is 2.28. The number of hydrogen-bond acceptors (Lipinski definition) is 6. The summed E-state index contributed by atoms with van der Waals surface area (Å²) in [4.78, 5) is 11.3. The summed E-state index contributed by atoms with van der Waals surface area (Å²) in [6, 6.07) is 18.9. The van der Waals surface area contributed by atoms with Crippen molar-refractivity contribution in [1.82, 2.24) is 4.72 Å². The maximum atomic E-state index is 13.1. The number of rotatable bonds is 11. The van der Waals surface area contributed by atoms with Gasteiger partial charge in [0.1, 0.15) is 4.90 Å². The highest BCUT2D eigenvalue weighted by molar-refractivity contribution is 7.89. The van der Waals surface area contributed by atoms with E-state index in [2.05, 4.69) is 10.0 Å². The third kappa shape index (κ3) is 6.24. The summed E-state index contributed by atoms with van der Waals surface area (Å²) in [7, 11) is -0.908. The van der Waals surface area contributed by atoms with Crippen molar-refractivity contribution >= 4 is 21.7 Å². The molecule has 0 aliphatic carbocycles. The Morgan fingerprint density at radius 2 is 1.64 bits per heavy atom. The predicted octanol–water partition coefficient (Wildman–Crippen LogP) is 3.54. The summed E-state index contributed by atoms with van der Waals surface area (Å²) in [5.41, 5.74) is 2.03. The number of ether oxygens (including phenoxy) is 2. The number of sulfonamides is 1. The zero-order valence-electron chi connectivity index (χ0n) is 18.4. The summed E-state index contributed by atoms with van der Waals surface area (Å²) < 4.78 is 39.2. The van der Waals surface area contributed by atoms with Gasteiger partial charge in [0.05, 0.1) is 25.5 Å². The van der Waals surface area contributed by atoms with Gasteiger partial charge in [0.15, 0.2) is 11.5 Å². The second-order valence-electron chi connectivity index (χ2n) is 7.19. The van der Waals surface area contributed by atoms with Crippen LogP contribution in [-0.2, 0) is 23.0 Å². The Morgan fingerprint density at radius 3 is 2.30 bits per heavy atom. The first-order chi connectivity index (χ1) is 15.8. The van der Waals surface area contributed by atoms with Crippen molar-refractivity contribution < 1.29 is 27.8 Å². The first-order valence-corrected chi connectivity index (χ1v) is 11.7. The second-order valence-corrected chi connectivity index (χ2v) is 8.93. The van der Waals surface area contributed by atoms with Crippen LogP contribution in [0.2, 0.25) is 0 Å². The Hall–Kier alpha value is -3.56. The van der Waals surface area contributed by atoms with Crippen molar-refractivity contribution in [3.63, 3.8) is 0 Å². The molecule has 3 rings (SSSR count). The van der Waals surface area contributed by atoms with Gasteiger partial charge in [-0.15, -0.1) is 0 Å². The summed E-state index contributed by atoms with van der Waals surface area (Å²) >= 11 is 0. The maximum Gasteiger partial charge on any atom is 0.335 e. The maximum absolute atomic E-state index is 13.1. The van der Waals surface area contributed by atoms with Crippen LogP contribution in [-0.4, -0.2) is 40.3 Å². The van der Waals surface area contributed by atoms with Crippen LogP contribution in [0.3, 0.4) is 0 Å². The van der Waals surface area contributed by atoms with Gasteiger partial charge in [-0.25, -0.2) is 17.9 Å². The number of carboxylic acid groups (broad SMARTS) is 1. The monoisotopic (exact) mass is 470 g/mol. The Balaban J connectivity index is 1.77. The largest absolute Gasteiger partial charge is 0.493 e. The van der Waals surface area contributed by atoms with Crippen LogP contribution in [0, 0.1) is 0 Å². The molecule has 0 bridgehead atoms. The molecular weight excluding hydrogens is 444 g/mol. The van der Waals surface area contributed by atoms with Gasteiger partial charge in [-0.1, -0.05) is 36.4 Å². The van der Waals surface area contributed by atoms with E-state index in [0.29, 0.717) is 30.2 Å². The van der Waals surface area contributed by atoms with Crippen molar-refractivity contribution in [2.45, 2.75) is 17.9 Å². The molecule has 0 radical (unpaired) electrons. The molecule has 3 N–H and O–H groups in total. The Kier molecular flexibility index (Phi) is 7.92. The van der Waals surface area contributed by atoms with E-state index >= 15 is 0 Å². The van der Waals surface area contributed by atoms with E-state index in [9.17, 15) is 18.3 Å². The number of aromatic carboxylic acids is 1. The van der Waals surface area contributed by atoms with Crippen molar-refractivity contribution in [3.05, 3.63) is 83.4 Å². The Bertz CT molecular complexity index is 1210. The quantitative estimate of drug-likeness (QED) is 0.393. The van der Waals surface area contributed by atoms with E-state index in [0.717, 1.165) is 17.2 Å². The molecule has 0 aliphatic rings. The molecule has 9 heteroatoms. The molecule has 8 nitrogen and oxygen atoms in total. The Labute approximate surface area is 193 Å². The first kappa shape index (κ1) is 24.1. The fraction of sp³-hybridized carbons (Fsp3) is 0.208. The van der Waals surface area contributed by atoms with Crippen molar-refractivity contribution in [2.75, 3.05) is 26.1 Å². The molecule has 0 saturated carbocycles. The van der Waals surface area contributed by atoms with Crippen molar-refractivity contribution in [1.29, 1.82) is 0 Å². The lowest BCUT2D eigenvalue weighted by molar-refractivity contribution is 0.0696. The smallest absolute Gasteiger partial charge is 0.335 e. The minimum absolute atomic E-state index is 0.111. The topological polar surface area (TPSA) is 114 Å². The van der Waals surface area contributed by atoms with Gasteiger partial charge in [0, 0.05) is 13.1 Å². The molecule has 0 atom stereocenters. The number of nitrogens with one attached hydrogen (secondary N) is 2. The number of hydrogen-bond donors (Lipinski definition) is 3. The van der Waals surface area contributed by atoms with Crippen molar-refractivity contribution in [2.24, 2.45) is 0 Å². The van der Waals surface area contributed by atoms with Gasteiger partial charge in [-0.3, -0.25) is 0 Å². The molecule has 33 heavy (non-hydrogen) atoms. The van der Waals surface area contributed by atoms with E-state index < -0.39 is 16.0 Å². The molecule has 0 spiro atoms. The van der Waals surface area contributed by atoms with Gasteiger partial charge in [-0.2, -0.15) is 0 Å². The molecule has 0 aliphatic heterocycles. The average molecular weight is 471 g/mol. The molecule has 0 fully saturated rings. The van der Waals surface area contributed by atoms with E-state index in [4.69, 9.17) is 9.47 Å². The molecule has 3 aromatic carbocycles. The minimum Gasteiger partial charge on any atom is -0.493 e. The van der Waals surface area contributed by atoms with Crippen LogP contribution < -0.4 is 19.5 Å². The molecule has 0 amide bonds. The van der Waals surface area contributed by atoms with Crippen molar-refractivity contribution in [3.8, 4) is 11.5 Å². The van der Waals surface area contributed by atoms with E-state index in [1.807, 2.05) is 36.4 Å². The summed E-state index contributed by atoms with van der Waals surface area (Å²) in [6.45, 7) is 0.509. The number of methoxy groups -OCH3 is 2. The molecule has 0 saturated heterocycles. The Morgan fingerprint density at radius 1 is 0.909 bits per heavy atom. The number of benzene rings is 3. The predicted molar refractivity (Wildman–Crippen MR) is 126 cm³/mol. The minimum atomic E-state index is -3.98. The average Bonchev–Trinajstić information content (AvgIpc) is 2.83. The highest BCUT2D eigenvalue weighted by atomic mass is 32.2. The zero-order valence-corrected chi connectivity index (χ0v) is 19.2. The SMILES string of the molecule is COc1ccc(CCNS(=O)(=O)c2cc(C(=O)O)ccc2NCc2ccccc2)cc1OC. The highest BCUT2D eigenvalue weighted by Gasteiger charge is 2.21. The summed E-state index contributed by atoms with van der Waals surface area (Å²) in [5, 5.41) is 12.4. The lowest BCUT2D eigenvalue weighted by Gasteiger charge is -2.15. The standard InChI is InChI=1S/C24H26N2O6S/c1-31-21-11-8-17(14-22(21)32-2)12-13-26-33(29,30)23-15-19(24(27)28)9-10-20(23)25-16-18-6-4-3-5-7-18/h3-11,14-15,25-26H,12-13,16H2,1-2H3,(H,27,28). The number of anilines is 1. The zero-order chi connectivity index (χ0) is 23.8. The van der Waals surface area contributed by atoms with Gasteiger partial charge >= 0.3 is 5.97 Å². The lowest BCUT2D eigenvalue weighted by atomic mass is 10.1.